The van der Waals surface area contributed by atoms with Crippen LogP contribution in [0.25, 0.3) is 0 Å². The molecule has 0 fully saturated rings. The van der Waals surface area contributed by atoms with Gasteiger partial charge in [-0.3, -0.25) is 4.79 Å². The van der Waals surface area contributed by atoms with Gasteiger partial charge in [-0.2, -0.15) is 13.2 Å². The maximum absolute atomic E-state index is 13.4. The average molecular weight is 370 g/mol. The molecule has 0 aliphatic carbocycles. The third-order valence-corrected chi connectivity index (χ3v) is 3.73. The summed E-state index contributed by atoms with van der Waals surface area (Å²) < 4.78 is 55.1. The van der Waals surface area contributed by atoms with Crippen molar-refractivity contribution in [1.29, 1.82) is 0 Å². The van der Waals surface area contributed by atoms with Crippen LogP contribution in [0.5, 0.6) is 5.75 Å². The van der Waals surface area contributed by atoms with Gasteiger partial charge in [-0.15, -0.1) is 0 Å². The smallest absolute Gasteiger partial charge is 0.422 e. The van der Waals surface area contributed by atoms with Gasteiger partial charge in [0.25, 0.3) is 0 Å². The zero-order valence-corrected chi connectivity index (χ0v) is 13.9. The standard InChI is InChI=1S/C18H18F4N2O2/c1-11(16(23)12-5-3-2-4-6-12)17(25)24-14-9-13(19)7-8-15(14)26-10-18(20,21)22/h2-9,11,16H,10,23H2,1H3,(H,24,25). The van der Waals surface area contributed by atoms with Crippen LogP contribution in [0.4, 0.5) is 23.2 Å². The number of amides is 1. The number of benzene rings is 2. The van der Waals surface area contributed by atoms with Crippen molar-refractivity contribution in [2.24, 2.45) is 11.7 Å². The molecule has 0 aromatic heterocycles. The Bertz CT molecular complexity index is 751. The summed E-state index contributed by atoms with van der Waals surface area (Å²) in [7, 11) is 0. The van der Waals surface area contributed by atoms with Crippen LogP contribution in [0.2, 0.25) is 0 Å². The molecule has 2 unspecified atom stereocenters. The topological polar surface area (TPSA) is 64.3 Å². The Morgan fingerprint density at radius 3 is 2.46 bits per heavy atom. The average Bonchev–Trinajstić information content (AvgIpc) is 2.59. The maximum atomic E-state index is 13.4. The second-order valence-electron chi connectivity index (χ2n) is 5.76. The van der Waals surface area contributed by atoms with Gasteiger partial charge in [-0.05, 0) is 17.7 Å². The molecule has 0 aliphatic rings. The predicted molar refractivity (Wildman–Crippen MR) is 89.1 cm³/mol. The third kappa shape index (κ3) is 5.45. The van der Waals surface area contributed by atoms with Crippen molar-refractivity contribution in [2.75, 3.05) is 11.9 Å². The molecule has 1 amide bonds. The van der Waals surface area contributed by atoms with E-state index in [-0.39, 0.29) is 11.4 Å². The van der Waals surface area contributed by atoms with Crippen molar-refractivity contribution in [1.82, 2.24) is 0 Å². The lowest BCUT2D eigenvalue weighted by Gasteiger charge is -2.21. The molecule has 8 heteroatoms. The fourth-order valence-corrected chi connectivity index (χ4v) is 2.26. The van der Waals surface area contributed by atoms with Crippen LogP contribution in [0.3, 0.4) is 0 Å². The van der Waals surface area contributed by atoms with E-state index < -0.39 is 36.5 Å². The fourth-order valence-electron chi connectivity index (χ4n) is 2.26. The van der Waals surface area contributed by atoms with Gasteiger partial charge in [0.1, 0.15) is 11.6 Å². The molecule has 0 bridgehead atoms. The normalized spacial score (nSPS) is 13.8. The minimum absolute atomic E-state index is 0.189. The first kappa shape index (κ1) is 19.7. The monoisotopic (exact) mass is 370 g/mol. The summed E-state index contributed by atoms with van der Waals surface area (Å²) in [5, 5.41) is 2.39. The molecule has 2 aromatic rings. The van der Waals surface area contributed by atoms with Crippen molar-refractivity contribution in [3.63, 3.8) is 0 Å². The Balaban J connectivity index is 2.13. The molecule has 26 heavy (non-hydrogen) atoms. The van der Waals surface area contributed by atoms with Gasteiger partial charge < -0.3 is 15.8 Å². The first-order valence-electron chi connectivity index (χ1n) is 7.78. The first-order valence-corrected chi connectivity index (χ1v) is 7.78. The summed E-state index contributed by atoms with van der Waals surface area (Å²) in [6, 6.07) is 11.1. The zero-order valence-electron chi connectivity index (χ0n) is 13.9. The summed E-state index contributed by atoms with van der Waals surface area (Å²) in [5.41, 5.74) is 6.60. The van der Waals surface area contributed by atoms with Crippen LogP contribution in [-0.2, 0) is 4.79 Å². The van der Waals surface area contributed by atoms with Gasteiger partial charge in [0.15, 0.2) is 6.61 Å². The number of nitrogens with one attached hydrogen (secondary N) is 1. The van der Waals surface area contributed by atoms with E-state index in [9.17, 15) is 22.4 Å². The van der Waals surface area contributed by atoms with Crippen LogP contribution in [0.15, 0.2) is 48.5 Å². The van der Waals surface area contributed by atoms with Crippen molar-refractivity contribution < 1.29 is 27.1 Å². The summed E-state index contributed by atoms with van der Waals surface area (Å²) in [6.45, 7) is 0.0170. The molecule has 0 saturated heterocycles. The van der Waals surface area contributed by atoms with Gasteiger partial charge in [0.2, 0.25) is 5.91 Å². The second kappa shape index (κ2) is 8.18. The highest BCUT2D eigenvalue weighted by molar-refractivity contribution is 5.94. The molecule has 0 spiro atoms. The van der Waals surface area contributed by atoms with Gasteiger partial charge in [-0.25, -0.2) is 4.39 Å². The SMILES string of the molecule is CC(C(=O)Nc1cc(F)ccc1OCC(F)(F)F)C(N)c1ccccc1. The van der Waals surface area contributed by atoms with E-state index in [1.54, 1.807) is 37.3 Å². The Hall–Kier alpha value is -2.61. The second-order valence-corrected chi connectivity index (χ2v) is 5.76. The number of anilines is 1. The van der Waals surface area contributed by atoms with Gasteiger partial charge in [-0.1, -0.05) is 37.3 Å². The van der Waals surface area contributed by atoms with Crippen LogP contribution in [0, 0.1) is 11.7 Å². The highest BCUT2D eigenvalue weighted by atomic mass is 19.4. The van der Waals surface area contributed by atoms with Crippen molar-refractivity contribution in [3.8, 4) is 5.75 Å². The van der Waals surface area contributed by atoms with Crippen molar-refractivity contribution >= 4 is 11.6 Å². The zero-order chi connectivity index (χ0) is 19.3. The first-order chi connectivity index (χ1) is 12.2. The van der Waals surface area contributed by atoms with E-state index in [2.05, 4.69) is 10.1 Å². The highest BCUT2D eigenvalue weighted by Crippen LogP contribution is 2.29. The van der Waals surface area contributed by atoms with Gasteiger partial charge in [0.05, 0.1) is 11.6 Å². The Kier molecular flexibility index (Phi) is 6.20. The minimum Gasteiger partial charge on any atom is -0.482 e. The number of rotatable bonds is 6. The minimum atomic E-state index is -4.56. The molecular formula is C18H18F4N2O2. The van der Waals surface area contributed by atoms with E-state index in [1.165, 1.54) is 0 Å². The molecule has 2 rings (SSSR count). The molecule has 2 aromatic carbocycles. The van der Waals surface area contributed by atoms with Gasteiger partial charge in [0, 0.05) is 12.1 Å². The Morgan fingerprint density at radius 1 is 1.19 bits per heavy atom. The summed E-state index contributed by atoms with van der Waals surface area (Å²) in [4.78, 5) is 12.4. The van der Waals surface area contributed by atoms with Crippen LogP contribution < -0.4 is 15.8 Å². The van der Waals surface area contributed by atoms with E-state index in [4.69, 9.17) is 5.73 Å². The molecule has 2 atom stereocenters. The van der Waals surface area contributed by atoms with Crippen LogP contribution >= 0.6 is 0 Å². The quantitative estimate of drug-likeness (QED) is 0.755. The molecule has 140 valence electrons. The summed E-state index contributed by atoms with van der Waals surface area (Å²) in [6.07, 6.45) is -4.56. The van der Waals surface area contributed by atoms with Gasteiger partial charge >= 0.3 is 6.18 Å². The fraction of sp³-hybridized carbons (Fsp3) is 0.278. The molecule has 0 radical (unpaired) electrons. The number of halogens is 4. The van der Waals surface area contributed by atoms with E-state index in [0.29, 0.717) is 0 Å². The number of nitrogens with two attached hydrogens (primary N) is 1. The molecule has 0 saturated carbocycles. The predicted octanol–water partition coefficient (Wildman–Crippen LogP) is 4.04. The lowest BCUT2D eigenvalue weighted by atomic mass is 9.94. The number of carbonyl (C=O) groups is 1. The Morgan fingerprint density at radius 2 is 1.85 bits per heavy atom. The van der Waals surface area contributed by atoms with Crippen molar-refractivity contribution in [2.45, 2.75) is 19.1 Å². The highest BCUT2D eigenvalue weighted by Gasteiger charge is 2.29. The lowest BCUT2D eigenvalue weighted by molar-refractivity contribution is -0.153. The lowest BCUT2D eigenvalue weighted by Crippen LogP contribution is -2.30. The maximum Gasteiger partial charge on any atom is 0.422 e. The third-order valence-electron chi connectivity index (χ3n) is 3.73. The van der Waals surface area contributed by atoms with E-state index in [1.807, 2.05) is 0 Å². The number of hydrogen-bond donors (Lipinski definition) is 2. The molecule has 0 heterocycles. The Labute approximate surface area is 148 Å². The molecule has 3 N–H and O–H groups in total. The number of ether oxygens (including phenoxy) is 1. The molecule has 4 nitrogen and oxygen atoms in total. The number of hydrogen-bond acceptors (Lipinski definition) is 3. The van der Waals surface area contributed by atoms with E-state index >= 15 is 0 Å². The number of alkyl halides is 3. The number of carbonyl (C=O) groups excluding carboxylic acids is 1. The van der Waals surface area contributed by atoms with Crippen LogP contribution in [-0.4, -0.2) is 18.7 Å². The molecular weight excluding hydrogens is 352 g/mol. The summed E-state index contributed by atoms with van der Waals surface area (Å²) in [5.74, 6) is -2.28. The summed E-state index contributed by atoms with van der Waals surface area (Å²) >= 11 is 0. The van der Waals surface area contributed by atoms with Crippen LogP contribution in [0.1, 0.15) is 18.5 Å². The van der Waals surface area contributed by atoms with E-state index in [0.717, 1.165) is 23.8 Å². The molecule has 0 aliphatic heterocycles. The van der Waals surface area contributed by atoms with Crippen molar-refractivity contribution in [3.05, 3.63) is 59.9 Å². The largest absolute Gasteiger partial charge is 0.482 e.